The van der Waals surface area contributed by atoms with Gasteiger partial charge in [0.1, 0.15) is 5.75 Å². The third-order valence-corrected chi connectivity index (χ3v) is 5.17. The average Bonchev–Trinajstić information content (AvgIpc) is 3.19. The normalized spacial score (nSPS) is 15.7. The van der Waals surface area contributed by atoms with E-state index in [-0.39, 0.29) is 18.4 Å². The van der Waals surface area contributed by atoms with Crippen LogP contribution in [0.15, 0.2) is 48.5 Å². The average molecular weight is 412 g/mol. The molecule has 7 nitrogen and oxygen atoms in total. The van der Waals surface area contributed by atoms with E-state index in [2.05, 4.69) is 5.32 Å². The molecular weight excluding hydrogens is 382 g/mol. The summed E-state index contributed by atoms with van der Waals surface area (Å²) in [5, 5.41) is 13.3. The van der Waals surface area contributed by atoms with Gasteiger partial charge in [-0.05, 0) is 37.5 Å². The van der Waals surface area contributed by atoms with Gasteiger partial charge >= 0.3 is 0 Å². The lowest BCUT2D eigenvalue weighted by Gasteiger charge is -2.24. The molecule has 2 amide bonds. The Kier molecular flexibility index (Phi) is 7.43. The van der Waals surface area contributed by atoms with Crippen molar-refractivity contribution in [2.24, 2.45) is 5.73 Å². The fraction of sp³-hybridized carbons (Fsp3) is 0.391. The highest BCUT2D eigenvalue weighted by atomic mass is 16.5. The molecule has 0 unspecified atom stereocenters. The van der Waals surface area contributed by atoms with Crippen molar-refractivity contribution in [2.45, 2.75) is 38.3 Å². The van der Waals surface area contributed by atoms with Gasteiger partial charge < -0.3 is 25.8 Å². The number of aliphatic hydroxyl groups is 1. The van der Waals surface area contributed by atoms with Crippen LogP contribution in [0.25, 0.3) is 0 Å². The van der Waals surface area contributed by atoms with Crippen LogP contribution in [0.1, 0.15) is 35.7 Å². The Hall–Kier alpha value is -2.90. The molecular formula is C23H29N3O4. The van der Waals surface area contributed by atoms with Crippen LogP contribution >= 0.6 is 0 Å². The van der Waals surface area contributed by atoms with Crippen molar-refractivity contribution in [2.75, 3.05) is 24.6 Å². The van der Waals surface area contributed by atoms with Gasteiger partial charge in [-0.25, -0.2) is 0 Å². The Balaban J connectivity index is 1.84. The Bertz CT molecular complexity index is 872. The van der Waals surface area contributed by atoms with E-state index in [4.69, 9.17) is 10.5 Å². The van der Waals surface area contributed by atoms with Crippen LogP contribution in [0.5, 0.6) is 5.75 Å². The van der Waals surface area contributed by atoms with Crippen molar-refractivity contribution in [3.8, 4) is 5.75 Å². The molecule has 0 saturated carbocycles. The fourth-order valence-electron chi connectivity index (χ4n) is 3.61. The second-order valence-electron chi connectivity index (χ2n) is 7.37. The SMILES string of the molecule is CCOc1cc(C(=O)N[C@@H](Cc2ccccc2)[C@H](O)CN)cc(N2CCCC2=O)c1. The minimum absolute atomic E-state index is 0.0320. The number of hydrogen-bond donors (Lipinski definition) is 3. The molecule has 2 aromatic rings. The number of nitrogens with zero attached hydrogens (tertiary/aromatic N) is 1. The molecule has 1 fully saturated rings. The number of nitrogens with two attached hydrogens (primary N) is 1. The molecule has 160 valence electrons. The van der Waals surface area contributed by atoms with Crippen LogP contribution in [0.2, 0.25) is 0 Å². The van der Waals surface area contributed by atoms with E-state index in [0.717, 1.165) is 12.0 Å². The molecule has 1 aliphatic heterocycles. The van der Waals surface area contributed by atoms with Crippen LogP contribution in [0.3, 0.4) is 0 Å². The molecule has 2 atom stereocenters. The van der Waals surface area contributed by atoms with Crippen LogP contribution < -0.4 is 20.7 Å². The first kappa shape index (κ1) is 21.8. The molecule has 0 spiro atoms. The fourth-order valence-corrected chi connectivity index (χ4v) is 3.61. The largest absolute Gasteiger partial charge is 0.494 e. The van der Waals surface area contributed by atoms with Crippen LogP contribution in [0.4, 0.5) is 5.69 Å². The predicted octanol–water partition coefficient (Wildman–Crippen LogP) is 1.87. The van der Waals surface area contributed by atoms with Gasteiger partial charge in [0.25, 0.3) is 5.91 Å². The third kappa shape index (κ3) is 5.37. The summed E-state index contributed by atoms with van der Waals surface area (Å²) in [7, 11) is 0. The number of aliphatic hydroxyl groups excluding tert-OH is 1. The molecule has 4 N–H and O–H groups in total. The smallest absolute Gasteiger partial charge is 0.251 e. The number of carbonyl (C=O) groups is 2. The maximum Gasteiger partial charge on any atom is 0.251 e. The molecule has 7 heteroatoms. The molecule has 0 bridgehead atoms. The zero-order valence-corrected chi connectivity index (χ0v) is 17.2. The lowest BCUT2D eigenvalue weighted by atomic mass is 10.0. The Labute approximate surface area is 176 Å². The zero-order chi connectivity index (χ0) is 21.5. The molecule has 3 rings (SSSR count). The Morgan fingerprint density at radius 2 is 2.03 bits per heavy atom. The highest BCUT2D eigenvalue weighted by molar-refractivity contribution is 5.99. The molecule has 0 aromatic heterocycles. The first-order valence-corrected chi connectivity index (χ1v) is 10.3. The van der Waals surface area contributed by atoms with Gasteiger partial charge in [-0.1, -0.05) is 30.3 Å². The van der Waals surface area contributed by atoms with E-state index in [1.807, 2.05) is 37.3 Å². The number of amides is 2. The summed E-state index contributed by atoms with van der Waals surface area (Å²) in [5.41, 5.74) is 7.67. The summed E-state index contributed by atoms with van der Waals surface area (Å²) < 4.78 is 5.61. The van der Waals surface area contributed by atoms with Gasteiger partial charge in [-0.2, -0.15) is 0 Å². The van der Waals surface area contributed by atoms with Crippen molar-refractivity contribution in [1.29, 1.82) is 0 Å². The first-order chi connectivity index (χ1) is 14.5. The second-order valence-corrected chi connectivity index (χ2v) is 7.37. The van der Waals surface area contributed by atoms with Crippen LogP contribution in [0, 0.1) is 0 Å². The van der Waals surface area contributed by atoms with Gasteiger partial charge in [0, 0.05) is 36.8 Å². The number of ether oxygens (including phenoxy) is 1. The summed E-state index contributed by atoms with van der Waals surface area (Å²) in [4.78, 5) is 26.9. The monoisotopic (exact) mass is 411 g/mol. The topological polar surface area (TPSA) is 105 Å². The quantitative estimate of drug-likeness (QED) is 0.584. The van der Waals surface area contributed by atoms with Crippen molar-refractivity contribution < 1.29 is 19.4 Å². The van der Waals surface area contributed by atoms with Crippen molar-refractivity contribution in [3.63, 3.8) is 0 Å². The molecule has 1 aliphatic rings. The van der Waals surface area contributed by atoms with E-state index in [9.17, 15) is 14.7 Å². The number of anilines is 1. The van der Waals surface area contributed by atoms with E-state index < -0.39 is 12.1 Å². The van der Waals surface area contributed by atoms with E-state index >= 15 is 0 Å². The van der Waals surface area contributed by atoms with E-state index in [1.165, 1.54) is 0 Å². The van der Waals surface area contributed by atoms with Crippen molar-refractivity contribution in [3.05, 3.63) is 59.7 Å². The van der Waals surface area contributed by atoms with E-state index in [1.54, 1.807) is 23.1 Å². The van der Waals surface area contributed by atoms with Gasteiger partial charge in [-0.15, -0.1) is 0 Å². The van der Waals surface area contributed by atoms with Gasteiger partial charge in [0.15, 0.2) is 0 Å². The molecule has 30 heavy (non-hydrogen) atoms. The number of rotatable bonds is 9. The minimum Gasteiger partial charge on any atom is -0.494 e. The maximum atomic E-state index is 13.0. The molecule has 1 heterocycles. The lowest BCUT2D eigenvalue weighted by Crippen LogP contribution is -2.47. The molecule has 1 saturated heterocycles. The minimum atomic E-state index is -0.885. The molecule has 0 aliphatic carbocycles. The summed E-state index contributed by atoms with van der Waals surface area (Å²) >= 11 is 0. The third-order valence-electron chi connectivity index (χ3n) is 5.17. The van der Waals surface area contributed by atoms with Gasteiger partial charge in [0.05, 0.1) is 18.8 Å². The Morgan fingerprint density at radius 3 is 2.67 bits per heavy atom. The highest BCUT2D eigenvalue weighted by Gasteiger charge is 2.25. The maximum absolute atomic E-state index is 13.0. The zero-order valence-electron chi connectivity index (χ0n) is 17.2. The lowest BCUT2D eigenvalue weighted by molar-refractivity contribution is -0.117. The molecule has 2 aromatic carbocycles. The van der Waals surface area contributed by atoms with Crippen molar-refractivity contribution in [1.82, 2.24) is 5.32 Å². The van der Waals surface area contributed by atoms with Gasteiger partial charge in [0.2, 0.25) is 5.91 Å². The second kappa shape index (κ2) is 10.2. The Morgan fingerprint density at radius 1 is 1.27 bits per heavy atom. The first-order valence-electron chi connectivity index (χ1n) is 10.3. The van der Waals surface area contributed by atoms with Gasteiger partial charge in [-0.3, -0.25) is 9.59 Å². The molecule has 0 radical (unpaired) electrons. The summed E-state index contributed by atoms with van der Waals surface area (Å²) in [6.07, 6.45) is 0.862. The highest BCUT2D eigenvalue weighted by Crippen LogP contribution is 2.28. The number of hydrogen-bond acceptors (Lipinski definition) is 5. The number of carbonyl (C=O) groups excluding carboxylic acids is 2. The summed E-state index contributed by atoms with van der Waals surface area (Å²) in [6, 6.07) is 14.2. The number of benzene rings is 2. The van der Waals surface area contributed by atoms with E-state index in [0.29, 0.717) is 43.0 Å². The number of nitrogens with one attached hydrogen (secondary N) is 1. The predicted molar refractivity (Wildman–Crippen MR) is 116 cm³/mol. The van der Waals surface area contributed by atoms with Crippen LogP contribution in [-0.2, 0) is 11.2 Å². The summed E-state index contributed by atoms with van der Waals surface area (Å²) in [6.45, 7) is 2.96. The van der Waals surface area contributed by atoms with Crippen LogP contribution in [-0.4, -0.2) is 48.8 Å². The van der Waals surface area contributed by atoms with Crippen molar-refractivity contribution >= 4 is 17.5 Å². The standard InChI is InChI=1S/C23H29N3O4/c1-2-30-19-13-17(12-18(14-19)26-10-6-9-22(26)28)23(29)25-20(21(27)15-24)11-16-7-4-3-5-8-16/h3-5,7-8,12-14,20-21,27H,2,6,9-11,15,24H2,1H3,(H,25,29)/t20-,21+/m0/s1. The summed E-state index contributed by atoms with van der Waals surface area (Å²) in [5.74, 6) is 0.215.